The molecule has 0 bridgehead atoms. The number of benzene rings is 4. The third-order valence-corrected chi connectivity index (χ3v) is 13.2. The number of H-pyrrole nitrogens is 2. The second-order valence-electron chi connectivity index (χ2n) is 17.5. The van der Waals surface area contributed by atoms with E-state index in [0.717, 1.165) is 108 Å². The van der Waals surface area contributed by atoms with E-state index in [2.05, 4.69) is 81.1 Å². The number of amides is 2. The highest BCUT2D eigenvalue weighted by Gasteiger charge is 2.39. The molecule has 1 saturated heterocycles. The lowest BCUT2D eigenvalue weighted by Gasteiger charge is -2.34. The molecule has 6 aromatic rings. The summed E-state index contributed by atoms with van der Waals surface area (Å²) in [5.41, 5.74) is 10.1. The summed E-state index contributed by atoms with van der Waals surface area (Å²) in [6.07, 6.45) is 6.31. The molecule has 1 fully saturated rings. The Morgan fingerprint density at radius 3 is 2.03 bits per heavy atom. The lowest BCUT2D eigenvalue weighted by Crippen LogP contribution is -2.46. The van der Waals surface area contributed by atoms with Gasteiger partial charge in [0.25, 0.3) is 5.92 Å². The monoisotopic (exact) mass is 880 g/mol. The molecule has 4 aromatic carbocycles. The summed E-state index contributed by atoms with van der Waals surface area (Å²) in [6.45, 7) is 11.7. The van der Waals surface area contributed by atoms with Crippen LogP contribution in [0, 0.1) is 0 Å². The van der Waals surface area contributed by atoms with Gasteiger partial charge in [-0.15, -0.1) is 0 Å². The predicted octanol–water partition coefficient (Wildman–Crippen LogP) is 10.4. The number of aromatic nitrogens is 4. The van der Waals surface area contributed by atoms with Crippen molar-refractivity contribution in [2.75, 3.05) is 39.3 Å². The van der Waals surface area contributed by atoms with Crippen molar-refractivity contribution in [3.63, 3.8) is 0 Å². The number of aryl methyl sites for hydroxylation is 2. The Hall–Kier alpha value is -5.98. The SMILES string of the molecule is CCN(CC)[C@@H](C(=O)N(Cc1ncc(-c2ccc(-c3ccc4c(c3)CCCc3[nH]c([C@@H]5CCCN5C(=O)[C@@H](c5ccccc5)N(CC)CC)nc3-4)cc2)[nH]1)CC(C)(F)F)c1ccccc1. The van der Waals surface area contributed by atoms with Crippen LogP contribution in [0.4, 0.5) is 8.78 Å². The average molecular weight is 881 g/mol. The predicted molar refractivity (Wildman–Crippen MR) is 253 cm³/mol. The second kappa shape index (κ2) is 20.0. The van der Waals surface area contributed by atoms with Crippen LogP contribution in [0.3, 0.4) is 0 Å². The fourth-order valence-corrected chi connectivity index (χ4v) is 9.93. The van der Waals surface area contributed by atoms with E-state index < -0.39 is 18.5 Å². The number of rotatable bonds is 17. The van der Waals surface area contributed by atoms with Crippen molar-refractivity contribution in [1.29, 1.82) is 0 Å². The summed E-state index contributed by atoms with van der Waals surface area (Å²) in [6, 6.07) is 33.2. The first-order valence-corrected chi connectivity index (χ1v) is 23.4. The minimum absolute atomic E-state index is 0.0816. The van der Waals surface area contributed by atoms with Gasteiger partial charge in [-0.2, -0.15) is 0 Å². The molecule has 0 saturated carbocycles. The number of halogens is 2. The van der Waals surface area contributed by atoms with Crippen molar-refractivity contribution < 1.29 is 18.4 Å². The molecule has 340 valence electrons. The van der Waals surface area contributed by atoms with Gasteiger partial charge in [0.15, 0.2) is 0 Å². The molecule has 12 heteroatoms. The van der Waals surface area contributed by atoms with Crippen LogP contribution < -0.4 is 0 Å². The molecule has 1 aliphatic carbocycles. The van der Waals surface area contributed by atoms with Gasteiger partial charge in [0.1, 0.15) is 23.7 Å². The maximum absolute atomic E-state index is 14.6. The zero-order valence-electron chi connectivity index (χ0n) is 38.4. The van der Waals surface area contributed by atoms with E-state index in [-0.39, 0.29) is 30.4 Å². The lowest BCUT2D eigenvalue weighted by molar-refractivity contribution is -0.143. The topological polar surface area (TPSA) is 104 Å². The number of hydrogen-bond donors (Lipinski definition) is 2. The number of imidazole rings is 2. The molecule has 0 spiro atoms. The quantitative estimate of drug-likeness (QED) is 0.0946. The first kappa shape index (κ1) is 45.6. The highest BCUT2D eigenvalue weighted by molar-refractivity contribution is 5.85. The van der Waals surface area contributed by atoms with Crippen LogP contribution in [0.5, 0.6) is 0 Å². The number of hydrogen-bond acceptors (Lipinski definition) is 6. The third kappa shape index (κ3) is 9.99. The van der Waals surface area contributed by atoms with E-state index in [1.165, 1.54) is 10.5 Å². The van der Waals surface area contributed by atoms with Gasteiger partial charge < -0.3 is 19.8 Å². The van der Waals surface area contributed by atoms with Crippen LogP contribution in [-0.4, -0.2) is 96.5 Å². The van der Waals surface area contributed by atoms with Gasteiger partial charge in [-0.3, -0.25) is 19.4 Å². The van der Waals surface area contributed by atoms with Crippen molar-refractivity contribution in [2.24, 2.45) is 0 Å². The van der Waals surface area contributed by atoms with Gasteiger partial charge in [0.05, 0.1) is 36.7 Å². The van der Waals surface area contributed by atoms with Crippen LogP contribution in [-0.2, 0) is 29.0 Å². The number of likely N-dealkylation sites (N-methyl/N-ethyl adjacent to an activating group) is 2. The lowest BCUT2D eigenvalue weighted by atomic mass is 9.95. The molecule has 65 heavy (non-hydrogen) atoms. The number of likely N-dealkylation sites (tertiary alicyclic amines) is 1. The van der Waals surface area contributed by atoms with E-state index in [9.17, 15) is 18.4 Å². The first-order chi connectivity index (χ1) is 31.5. The summed E-state index contributed by atoms with van der Waals surface area (Å²) in [5, 5.41) is 0. The summed E-state index contributed by atoms with van der Waals surface area (Å²) in [7, 11) is 0. The molecule has 0 unspecified atom stereocenters. The molecular weight excluding hydrogens is 819 g/mol. The van der Waals surface area contributed by atoms with E-state index in [0.29, 0.717) is 25.5 Å². The number of nitrogens with one attached hydrogen (secondary N) is 2. The normalized spacial score (nSPS) is 16.0. The van der Waals surface area contributed by atoms with Gasteiger partial charge in [0.2, 0.25) is 11.8 Å². The first-order valence-electron chi connectivity index (χ1n) is 23.4. The summed E-state index contributed by atoms with van der Waals surface area (Å²) >= 11 is 0. The maximum Gasteiger partial charge on any atom is 0.262 e. The van der Waals surface area contributed by atoms with Gasteiger partial charge in [-0.05, 0) is 91.7 Å². The van der Waals surface area contributed by atoms with E-state index in [1.807, 2.05) is 79.4 Å². The number of aromatic amines is 2. The summed E-state index contributed by atoms with van der Waals surface area (Å²) < 4.78 is 29.3. The average Bonchev–Trinajstić information content (AvgIpc) is 4.08. The standard InChI is InChI=1S/C53H62F2N8O2/c1-6-60(7-2)48(38-18-12-10-13-19-38)51(64)62(35-53(5,54)55)34-46-56-33-44(57-46)37-27-25-36(26-28-37)40-29-30-42-41(32-40)22-16-23-43-47(42)59-50(58-43)45-24-17-31-63(45)52(65)49(61(8-3)9-4)39-20-14-11-15-21-39/h10-15,18-21,25-30,32-33,45,48-49H,6-9,16-17,22-24,31,34-35H2,1-5H3,(H,56,57)(H,58,59)/t45-,48+,49+/m0/s1. The number of nitrogens with zero attached hydrogens (tertiary/aromatic N) is 6. The fourth-order valence-electron chi connectivity index (χ4n) is 9.93. The highest BCUT2D eigenvalue weighted by atomic mass is 19.3. The van der Waals surface area contributed by atoms with E-state index in [4.69, 9.17) is 4.98 Å². The van der Waals surface area contributed by atoms with Crippen molar-refractivity contribution in [3.8, 4) is 33.6 Å². The van der Waals surface area contributed by atoms with Crippen molar-refractivity contribution in [3.05, 3.63) is 143 Å². The largest absolute Gasteiger partial charge is 0.344 e. The number of fused-ring (bicyclic) bond motifs is 3. The summed E-state index contributed by atoms with van der Waals surface area (Å²) in [4.78, 5) is 53.0. The van der Waals surface area contributed by atoms with Gasteiger partial charge in [0, 0.05) is 24.7 Å². The molecular formula is C53H62F2N8O2. The zero-order chi connectivity index (χ0) is 45.7. The highest BCUT2D eigenvalue weighted by Crippen LogP contribution is 2.39. The van der Waals surface area contributed by atoms with Crippen molar-refractivity contribution in [2.45, 2.75) is 97.3 Å². The van der Waals surface area contributed by atoms with Crippen LogP contribution in [0.25, 0.3) is 33.6 Å². The summed E-state index contributed by atoms with van der Waals surface area (Å²) in [5.74, 6) is -2.03. The molecule has 1 aliphatic heterocycles. The Bertz CT molecular complexity index is 2530. The van der Waals surface area contributed by atoms with E-state index in [1.54, 1.807) is 6.20 Å². The van der Waals surface area contributed by atoms with Crippen molar-refractivity contribution in [1.82, 2.24) is 39.5 Å². The van der Waals surface area contributed by atoms with Gasteiger partial charge in [-0.1, -0.05) is 131 Å². The van der Waals surface area contributed by atoms with Gasteiger partial charge in [-0.25, -0.2) is 18.7 Å². The number of carbonyl (C=O) groups is 2. The van der Waals surface area contributed by atoms with Crippen LogP contribution in [0.1, 0.15) is 106 Å². The Morgan fingerprint density at radius 1 is 0.769 bits per heavy atom. The Labute approximate surface area is 382 Å². The van der Waals surface area contributed by atoms with Gasteiger partial charge >= 0.3 is 0 Å². The van der Waals surface area contributed by atoms with Crippen LogP contribution in [0.15, 0.2) is 109 Å². The molecule has 3 atom stereocenters. The number of carbonyl (C=O) groups excluding carboxylic acids is 2. The second-order valence-corrected chi connectivity index (χ2v) is 17.5. The van der Waals surface area contributed by atoms with Crippen LogP contribution in [0.2, 0.25) is 0 Å². The number of alkyl halides is 2. The molecule has 2 aromatic heterocycles. The molecule has 0 radical (unpaired) electrons. The zero-order valence-corrected chi connectivity index (χ0v) is 38.4. The molecule has 2 amide bonds. The Balaban J connectivity index is 0.991. The molecule has 10 nitrogen and oxygen atoms in total. The smallest absolute Gasteiger partial charge is 0.262 e. The third-order valence-electron chi connectivity index (χ3n) is 13.2. The minimum Gasteiger partial charge on any atom is -0.344 e. The minimum atomic E-state index is -3.10. The molecule has 3 heterocycles. The molecule has 2 aliphatic rings. The fraction of sp³-hybridized carbons (Fsp3) is 0.396. The molecule has 8 rings (SSSR count). The van der Waals surface area contributed by atoms with Crippen LogP contribution >= 0.6 is 0 Å². The van der Waals surface area contributed by atoms with E-state index >= 15 is 0 Å². The molecule has 2 N–H and O–H groups in total. The Kier molecular flexibility index (Phi) is 14.1. The Morgan fingerprint density at radius 2 is 1.38 bits per heavy atom. The maximum atomic E-state index is 14.6. The van der Waals surface area contributed by atoms with Crippen molar-refractivity contribution >= 4 is 11.8 Å².